The van der Waals surface area contributed by atoms with Gasteiger partial charge in [-0.05, 0) is 30.4 Å². The van der Waals surface area contributed by atoms with Gasteiger partial charge in [0, 0.05) is 5.92 Å². The van der Waals surface area contributed by atoms with Crippen LogP contribution < -0.4 is 5.32 Å². The van der Waals surface area contributed by atoms with Crippen LogP contribution in [0, 0.1) is 5.92 Å². The van der Waals surface area contributed by atoms with E-state index in [-0.39, 0.29) is 11.8 Å². The molecule has 4 N–H and O–H groups in total. The van der Waals surface area contributed by atoms with Crippen LogP contribution in [0.4, 0.5) is 0 Å². The van der Waals surface area contributed by atoms with Crippen LogP contribution in [0.2, 0.25) is 0 Å². The number of fused-ring (bicyclic) bond motifs is 1. The molecular weight excluding hydrogens is 258 g/mol. The molecule has 0 heterocycles. The summed E-state index contributed by atoms with van der Waals surface area (Å²) in [5.41, 5.74) is 1.10. The van der Waals surface area contributed by atoms with Crippen molar-refractivity contribution < 1.29 is 20.1 Å². The third kappa shape index (κ3) is 3.00. The van der Waals surface area contributed by atoms with E-state index < -0.39 is 25.4 Å². The van der Waals surface area contributed by atoms with E-state index in [1.807, 2.05) is 18.2 Å². The molecule has 1 aromatic rings. The van der Waals surface area contributed by atoms with Gasteiger partial charge in [-0.25, -0.2) is 0 Å². The highest BCUT2D eigenvalue weighted by Gasteiger charge is 2.33. The number of hydrogen-bond acceptors (Lipinski definition) is 4. The predicted molar refractivity (Wildman–Crippen MR) is 74.1 cm³/mol. The topological polar surface area (TPSA) is 89.8 Å². The minimum atomic E-state index is -1.34. The Bertz CT molecular complexity index is 462. The minimum absolute atomic E-state index is 0.186. The molecule has 5 heteroatoms. The van der Waals surface area contributed by atoms with Crippen LogP contribution in [0.3, 0.4) is 0 Å². The molecule has 0 radical (unpaired) electrons. The third-order valence-electron chi connectivity index (χ3n) is 4.01. The maximum atomic E-state index is 12.3. The lowest BCUT2D eigenvalue weighted by atomic mass is 9.83. The molecule has 0 aromatic heterocycles. The summed E-state index contributed by atoms with van der Waals surface area (Å²) in [6, 6.07) is 8.04. The van der Waals surface area contributed by atoms with Crippen molar-refractivity contribution in [3.05, 3.63) is 35.4 Å². The molecule has 0 spiro atoms. The SMILES string of the molecule is O=C(NC(CO)(CO)CO)C1CCc2ccccc2C1. The Hall–Kier alpha value is -1.43. The second-order valence-corrected chi connectivity index (χ2v) is 5.45. The number of aliphatic hydroxyl groups excluding tert-OH is 3. The molecule has 1 aliphatic carbocycles. The molecule has 1 aromatic carbocycles. The van der Waals surface area contributed by atoms with Gasteiger partial charge in [-0.3, -0.25) is 4.79 Å². The van der Waals surface area contributed by atoms with E-state index in [1.54, 1.807) is 0 Å². The Morgan fingerprint density at radius 2 is 1.75 bits per heavy atom. The van der Waals surface area contributed by atoms with E-state index in [9.17, 15) is 20.1 Å². The highest BCUT2D eigenvalue weighted by Crippen LogP contribution is 2.25. The van der Waals surface area contributed by atoms with Gasteiger partial charge in [0.1, 0.15) is 5.54 Å². The van der Waals surface area contributed by atoms with Crippen molar-refractivity contribution >= 4 is 5.91 Å². The van der Waals surface area contributed by atoms with E-state index in [1.165, 1.54) is 11.1 Å². The third-order valence-corrected chi connectivity index (χ3v) is 4.01. The molecule has 20 heavy (non-hydrogen) atoms. The van der Waals surface area contributed by atoms with Crippen LogP contribution in [0.5, 0.6) is 0 Å². The molecule has 1 unspecified atom stereocenters. The van der Waals surface area contributed by atoms with Crippen molar-refractivity contribution in [2.45, 2.75) is 24.8 Å². The highest BCUT2D eigenvalue weighted by atomic mass is 16.3. The van der Waals surface area contributed by atoms with E-state index in [2.05, 4.69) is 11.4 Å². The first-order valence-electron chi connectivity index (χ1n) is 6.85. The lowest BCUT2D eigenvalue weighted by molar-refractivity contribution is -0.129. The van der Waals surface area contributed by atoms with Crippen LogP contribution in [-0.4, -0.2) is 46.6 Å². The van der Waals surface area contributed by atoms with Gasteiger partial charge in [-0.15, -0.1) is 0 Å². The van der Waals surface area contributed by atoms with Crippen LogP contribution in [0.15, 0.2) is 24.3 Å². The number of benzene rings is 1. The van der Waals surface area contributed by atoms with Gasteiger partial charge in [0.25, 0.3) is 0 Å². The van der Waals surface area contributed by atoms with Gasteiger partial charge in [-0.1, -0.05) is 24.3 Å². The summed E-state index contributed by atoms with van der Waals surface area (Å²) in [6.07, 6.45) is 2.24. The Morgan fingerprint density at radius 3 is 2.35 bits per heavy atom. The number of rotatable bonds is 5. The van der Waals surface area contributed by atoms with E-state index >= 15 is 0 Å². The number of hydrogen-bond donors (Lipinski definition) is 4. The average Bonchev–Trinajstić information content (AvgIpc) is 2.52. The van der Waals surface area contributed by atoms with Crippen LogP contribution in [-0.2, 0) is 17.6 Å². The van der Waals surface area contributed by atoms with E-state index in [0.29, 0.717) is 6.42 Å². The second-order valence-electron chi connectivity index (χ2n) is 5.45. The first kappa shape index (κ1) is 15.0. The standard InChI is InChI=1S/C15H21NO4/c17-8-15(9-18,10-19)16-14(20)13-6-5-11-3-1-2-4-12(11)7-13/h1-4,13,17-19H,5-10H2,(H,16,20). The maximum absolute atomic E-state index is 12.3. The Kier molecular flexibility index (Phi) is 4.75. The van der Waals surface area contributed by atoms with Crippen molar-refractivity contribution in [3.63, 3.8) is 0 Å². The summed E-state index contributed by atoms with van der Waals surface area (Å²) in [5.74, 6) is -0.412. The van der Waals surface area contributed by atoms with Crippen molar-refractivity contribution in [1.82, 2.24) is 5.32 Å². The number of carbonyl (C=O) groups is 1. The van der Waals surface area contributed by atoms with Crippen LogP contribution in [0.1, 0.15) is 17.5 Å². The molecule has 0 saturated carbocycles. The fraction of sp³-hybridized carbons (Fsp3) is 0.533. The zero-order chi connectivity index (χ0) is 14.6. The molecule has 0 aliphatic heterocycles. The summed E-state index contributed by atoms with van der Waals surface area (Å²) in [7, 11) is 0. The zero-order valence-corrected chi connectivity index (χ0v) is 11.4. The number of nitrogens with one attached hydrogen (secondary N) is 1. The van der Waals surface area contributed by atoms with Crippen molar-refractivity contribution in [2.75, 3.05) is 19.8 Å². The van der Waals surface area contributed by atoms with Crippen LogP contribution >= 0.6 is 0 Å². The lowest BCUT2D eigenvalue weighted by Gasteiger charge is -2.32. The fourth-order valence-corrected chi connectivity index (χ4v) is 2.55. The minimum Gasteiger partial charge on any atom is -0.394 e. The predicted octanol–water partition coefficient (Wildman–Crippen LogP) is -0.377. The fourth-order valence-electron chi connectivity index (χ4n) is 2.55. The molecule has 1 atom stereocenters. The van der Waals surface area contributed by atoms with E-state index in [0.717, 1.165) is 12.8 Å². The Balaban J connectivity index is 2.05. The average molecular weight is 279 g/mol. The molecule has 0 bridgehead atoms. The molecule has 0 fully saturated rings. The van der Waals surface area contributed by atoms with Crippen molar-refractivity contribution in [1.29, 1.82) is 0 Å². The lowest BCUT2D eigenvalue weighted by Crippen LogP contribution is -2.58. The molecule has 110 valence electrons. The largest absolute Gasteiger partial charge is 0.394 e. The summed E-state index contributed by atoms with van der Waals surface area (Å²) in [6.45, 7) is -1.47. The van der Waals surface area contributed by atoms with Gasteiger partial charge in [0.2, 0.25) is 5.91 Å². The molecule has 2 rings (SSSR count). The summed E-state index contributed by atoms with van der Waals surface area (Å²) < 4.78 is 0. The highest BCUT2D eigenvalue weighted by molar-refractivity contribution is 5.80. The van der Waals surface area contributed by atoms with Crippen molar-refractivity contribution in [2.24, 2.45) is 5.92 Å². The number of aryl methyl sites for hydroxylation is 1. The van der Waals surface area contributed by atoms with Crippen molar-refractivity contribution in [3.8, 4) is 0 Å². The maximum Gasteiger partial charge on any atom is 0.224 e. The van der Waals surface area contributed by atoms with Gasteiger partial charge in [0.05, 0.1) is 19.8 Å². The molecule has 5 nitrogen and oxygen atoms in total. The van der Waals surface area contributed by atoms with Crippen LogP contribution in [0.25, 0.3) is 0 Å². The normalized spacial score (nSPS) is 18.4. The molecular formula is C15H21NO4. The summed E-state index contributed by atoms with van der Waals surface area (Å²) in [5, 5.41) is 30.3. The van der Waals surface area contributed by atoms with Gasteiger partial charge in [-0.2, -0.15) is 0 Å². The first-order chi connectivity index (χ1) is 9.64. The number of aliphatic hydroxyl groups is 3. The molecule has 1 aliphatic rings. The zero-order valence-electron chi connectivity index (χ0n) is 11.4. The Labute approximate surface area is 118 Å². The monoisotopic (exact) mass is 279 g/mol. The molecule has 1 amide bonds. The van der Waals surface area contributed by atoms with Gasteiger partial charge in [0.15, 0.2) is 0 Å². The summed E-state index contributed by atoms with van der Waals surface area (Å²) >= 11 is 0. The van der Waals surface area contributed by atoms with Gasteiger partial charge >= 0.3 is 0 Å². The van der Waals surface area contributed by atoms with Gasteiger partial charge < -0.3 is 20.6 Å². The number of carbonyl (C=O) groups excluding carboxylic acids is 1. The molecule has 0 saturated heterocycles. The second kappa shape index (κ2) is 6.35. The summed E-state index contributed by atoms with van der Waals surface area (Å²) in [4.78, 5) is 12.3. The smallest absolute Gasteiger partial charge is 0.224 e. The first-order valence-corrected chi connectivity index (χ1v) is 6.85. The van der Waals surface area contributed by atoms with E-state index in [4.69, 9.17) is 0 Å². The quantitative estimate of drug-likeness (QED) is 0.592. The number of amides is 1. The Morgan fingerprint density at radius 1 is 1.15 bits per heavy atom.